The van der Waals surface area contributed by atoms with Crippen molar-refractivity contribution in [1.82, 2.24) is 0 Å². The summed E-state index contributed by atoms with van der Waals surface area (Å²) < 4.78 is 10.7. The van der Waals surface area contributed by atoms with Crippen LogP contribution in [0.1, 0.15) is 27.0 Å². The molecular weight excluding hydrogens is 288 g/mol. The number of benzene rings is 2. The Labute approximate surface area is 129 Å². The van der Waals surface area contributed by atoms with Crippen LogP contribution in [0.5, 0.6) is 11.5 Å². The summed E-state index contributed by atoms with van der Waals surface area (Å²) in [5, 5.41) is 0.524. The van der Waals surface area contributed by atoms with Gasteiger partial charge in [-0.25, -0.2) is 0 Å². The van der Waals surface area contributed by atoms with Gasteiger partial charge in [0.05, 0.1) is 25.3 Å². The van der Waals surface area contributed by atoms with Crippen molar-refractivity contribution >= 4 is 17.4 Å². The van der Waals surface area contributed by atoms with Gasteiger partial charge in [0, 0.05) is 5.02 Å². The highest BCUT2D eigenvalue weighted by molar-refractivity contribution is 6.31. The van der Waals surface area contributed by atoms with Crippen LogP contribution in [-0.4, -0.2) is 20.0 Å². The monoisotopic (exact) mass is 304 g/mol. The Bertz CT molecular complexity index is 693. The molecule has 0 unspecified atom stereocenters. The molecule has 0 saturated heterocycles. The van der Waals surface area contributed by atoms with Gasteiger partial charge in [0.2, 0.25) is 0 Å². The van der Waals surface area contributed by atoms with E-state index < -0.39 is 0 Å². The fourth-order valence-electron chi connectivity index (χ4n) is 2.23. The lowest BCUT2D eigenvalue weighted by Gasteiger charge is -2.14. The van der Waals surface area contributed by atoms with Gasteiger partial charge >= 0.3 is 0 Å². The Morgan fingerprint density at radius 2 is 1.67 bits per heavy atom. The molecule has 0 aromatic heterocycles. The second-order valence-corrected chi connectivity index (χ2v) is 5.20. The maximum absolute atomic E-state index is 12.8. The minimum absolute atomic E-state index is 0.150. The molecule has 0 bridgehead atoms. The zero-order valence-electron chi connectivity index (χ0n) is 12.5. The molecule has 3 nitrogen and oxygen atoms in total. The predicted molar refractivity (Wildman–Crippen MR) is 83.9 cm³/mol. The van der Waals surface area contributed by atoms with Crippen molar-refractivity contribution in [3.8, 4) is 11.5 Å². The largest absolute Gasteiger partial charge is 0.496 e. The minimum atomic E-state index is -0.150. The van der Waals surface area contributed by atoms with Gasteiger partial charge in [-0.15, -0.1) is 0 Å². The molecule has 0 radical (unpaired) electrons. The van der Waals surface area contributed by atoms with Crippen LogP contribution in [0.15, 0.2) is 30.3 Å². The lowest BCUT2D eigenvalue weighted by molar-refractivity contribution is 0.103. The average Bonchev–Trinajstić information content (AvgIpc) is 2.49. The highest BCUT2D eigenvalue weighted by atomic mass is 35.5. The Morgan fingerprint density at radius 1 is 1.00 bits per heavy atom. The maximum atomic E-state index is 12.8. The van der Waals surface area contributed by atoms with Crippen molar-refractivity contribution < 1.29 is 14.3 Å². The van der Waals surface area contributed by atoms with Gasteiger partial charge in [0.25, 0.3) is 0 Å². The molecule has 0 heterocycles. The van der Waals surface area contributed by atoms with Crippen LogP contribution < -0.4 is 9.47 Å². The van der Waals surface area contributed by atoms with E-state index in [9.17, 15) is 4.79 Å². The third-order valence-corrected chi connectivity index (χ3v) is 3.77. The summed E-state index contributed by atoms with van der Waals surface area (Å²) in [6.07, 6.45) is 0. The lowest BCUT2D eigenvalue weighted by Crippen LogP contribution is -2.07. The van der Waals surface area contributed by atoms with Crippen LogP contribution >= 0.6 is 11.6 Å². The lowest BCUT2D eigenvalue weighted by atomic mass is 9.97. The molecule has 0 fully saturated rings. The quantitative estimate of drug-likeness (QED) is 0.794. The smallest absolute Gasteiger partial charge is 0.200 e. The number of carbonyl (C=O) groups excluding carboxylic acids is 1. The van der Waals surface area contributed by atoms with Gasteiger partial charge in [0.15, 0.2) is 5.78 Å². The number of halogens is 1. The summed E-state index contributed by atoms with van der Waals surface area (Å²) in [6.45, 7) is 3.92. The summed E-state index contributed by atoms with van der Waals surface area (Å²) >= 11 is 5.93. The predicted octanol–water partition coefficient (Wildman–Crippen LogP) is 4.21. The standard InChI is InChI=1S/C17H17ClO3/c1-10-5-7-14(17(21-4)11(10)2)16(19)13-8-6-12(18)9-15(13)20-3/h5-9H,1-4H3. The molecule has 0 amide bonds. The van der Waals surface area contributed by atoms with E-state index in [-0.39, 0.29) is 5.78 Å². The van der Waals surface area contributed by atoms with E-state index >= 15 is 0 Å². The second kappa shape index (κ2) is 6.19. The fourth-order valence-corrected chi connectivity index (χ4v) is 2.39. The van der Waals surface area contributed by atoms with Gasteiger partial charge in [-0.1, -0.05) is 17.7 Å². The number of methoxy groups -OCH3 is 2. The summed E-state index contributed by atoms with van der Waals surface area (Å²) in [5.41, 5.74) is 3.01. The van der Waals surface area contributed by atoms with Crippen LogP contribution in [0.4, 0.5) is 0 Å². The van der Waals surface area contributed by atoms with E-state index in [0.29, 0.717) is 27.6 Å². The minimum Gasteiger partial charge on any atom is -0.496 e. The number of hydrogen-bond acceptors (Lipinski definition) is 3. The van der Waals surface area contributed by atoms with Crippen molar-refractivity contribution in [2.24, 2.45) is 0 Å². The maximum Gasteiger partial charge on any atom is 0.200 e. The molecule has 0 spiro atoms. The van der Waals surface area contributed by atoms with Crippen molar-refractivity contribution in [3.63, 3.8) is 0 Å². The first-order chi connectivity index (χ1) is 9.99. The van der Waals surface area contributed by atoms with Crippen LogP contribution in [0.3, 0.4) is 0 Å². The average molecular weight is 305 g/mol. The van der Waals surface area contributed by atoms with Gasteiger partial charge in [-0.05, 0) is 49.2 Å². The SMILES string of the molecule is COc1cc(Cl)ccc1C(=O)c1ccc(C)c(C)c1OC. The zero-order chi connectivity index (χ0) is 15.6. The normalized spacial score (nSPS) is 10.3. The number of ketones is 1. The molecule has 0 atom stereocenters. The fraction of sp³-hybridized carbons (Fsp3) is 0.235. The summed E-state index contributed by atoms with van der Waals surface area (Å²) in [7, 11) is 3.08. The first kappa shape index (κ1) is 15.4. The van der Waals surface area contributed by atoms with Gasteiger partial charge in [-0.2, -0.15) is 0 Å². The highest BCUT2D eigenvalue weighted by Gasteiger charge is 2.20. The van der Waals surface area contributed by atoms with Crippen LogP contribution in [0, 0.1) is 13.8 Å². The first-order valence-corrected chi connectivity index (χ1v) is 6.89. The van der Waals surface area contributed by atoms with E-state index in [0.717, 1.165) is 11.1 Å². The van der Waals surface area contributed by atoms with Gasteiger partial charge in [-0.3, -0.25) is 4.79 Å². The second-order valence-electron chi connectivity index (χ2n) is 4.76. The van der Waals surface area contributed by atoms with E-state index in [4.69, 9.17) is 21.1 Å². The number of rotatable bonds is 4. The van der Waals surface area contributed by atoms with Crippen molar-refractivity contribution in [2.45, 2.75) is 13.8 Å². The highest BCUT2D eigenvalue weighted by Crippen LogP contribution is 2.31. The molecule has 0 aliphatic rings. The molecule has 0 aliphatic carbocycles. The molecule has 0 aliphatic heterocycles. The molecule has 2 aromatic rings. The van der Waals surface area contributed by atoms with Crippen LogP contribution in [0.2, 0.25) is 5.02 Å². The molecule has 110 valence electrons. The topological polar surface area (TPSA) is 35.5 Å². The third-order valence-electron chi connectivity index (χ3n) is 3.53. The van der Waals surface area contributed by atoms with Gasteiger partial charge < -0.3 is 9.47 Å². The Kier molecular flexibility index (Phi) is 4.53. The molecular formula is C17H17ClO3. The number of ether oxygens (including phenoxy) is 2. The number of aryl methyl sites for hydroxylation is 1. The van der Waals surface area contributed by atoms with Crippen molar-refractivity contribution in [1.29, 1.82) is 0 Å². The number of hydrogen-bond donors (Lipinski definition) is 0. The molecule has 2 rings (SSSR count). The molecule has 4 heteroatoms. The molecule has 0 N–H and O–H groups in total. The zero-order valence-corrected chi connectivity index (χ0v) is 13.2. The molecule has 21 heavy (non-hydrogen) atoms. The van der Waals surface area contributed by atoms with E-state index in [1.54, 1.807) is 31.4 Å². The van der Waals surface area contributed by atoms with E-state index in [2.05, 4.69) is 0 Å². The summed E-state index contributed by atoms with van der Waals surface area (Å²) in [6, 6.07) is 8.65. The summed E-state index contributed by atoms with van der Waals surface area (Å²) in [4.78, 5) is 12.8. The van der Waals surface area contributed by atoms with E-state index in [1.807, 2.05) is 19.9 Å². The molecule has 2 aromatic carbocycles. The van der Waals surface area contributed by atoms with Crippen LogP contribution in [0.25, 0.3) is 0 Å². The Hall–Kier alpha value is -2.00. The summed E-state index contributed by atoms with van der Waals surface area (Å²) in [5.74, 6) is 0.897. The van der Waals surface area contributed by atoms with E-state index in [1.165, 1.54) is 7.11 Å². The van der Waals surface area contributed by atoms with Crippen LogP contribution in [-0.2, 0) is 0 Å². The first-order valence-electron chi connectivity index (χ1n) is 6.52. The molecule has 0 saturated carbocycles. The Balaban J connectivity index is 2.58. The number of carbonyl (C=O) groups is 1. The third kappa shape index (κ3) is 2.88. The van der Waals surface area contributed by atoms with Gasteiger partial charge in [0.1, 0.15) is 11.5 Å². The Morgan fingerprint density at radius 3 is 2.29 bits per heavy atom. The van der Waals surface area contributed by atoms with Crippen molar-refractivity contribution in [3.05, 3.63) is 57.6 Å². The van der Waals surface area contributed by atoms with Crippen molar-refractivity contribution in [2.75, 3.05) is 14.2 Å².